The summed E-state index contributed by atoms with van der Waals surface area (Å²) < 4.78 is 0.927. The smallest absolute Gasteiger partial charge is 0.258 e. The minimum absolute atomic E-state index is 0.0866. The van der Waals surface area contributed by atoms with E-state index in [1.165, 1.54) is 4.90 Å². The first-order valence-corrected chi connectivity index (χ1v) is 9.59. The van der Waals surface area contributed by atoms with E-state index in [0.29, 0.717) is 16.9 Å². The largest absolute Gasteiger partial charge is 0.347 e. The first-order chi connectivity index (χ1) is 13.4. The lowest BCUT2D eigenvalue weighted by Gasteiger charge is -2.17. The third-order valence-electron chi connectivity index (χ3n) is 4.51. The van der Waals surface area contributed by atoms with Crippen molar-refractivity contribution in [3.63, 3.8) is 0 Å². The first kappa shape index (κ1) is 19.8. The van der Waals surface area contributed by atoms with Gasteiger partial charge < -0.3 is 15.5 Å². The number of hydrogen-bond donors (Lipinski definition) is 2. The molecule has 0 fully saturated rings. The van der Waals surface area contributed by atoms with Gasteiger partial charge in [-0.3, -0.25) is 14.4 Å². The lowest BCUT2D eigenvalue weighted by Crippen LogP contribution is -2.35. The maximum atomic E-state index is 12.4. The van der Waals surface area contributed by atoms with Gasteiger partial charge in [0.05, 0.1) is 6.54 Å². The molecule has 0 atom stereocenters. The number of nitrogens with one attached hydrogen (secondary N) is 2. The molecule has 1 aliphatic heterocycles. The van der Waals surface area contributed by atoms with E-state index in [1.54, 1.807) is 18.2 Å². The summed E-state index contributed by atoms with van der Waals surface area (Å²) >= 11 is 3.37. The van der Waals surface area contributed by atoms with Crippen molar-refractivity contribution < 1.29 is 14.4 Å². The lowest BCUT2D eigenvalue weighted by atomic mass is 10.1. The Kier molecular flexibility index (Phi) is 5.94. The van der Waals surface area contributed by atoms with E-state index in [-0.39, 0.29) is 37.2 Å². The van der Waals surface area contributed by atoms with Crippen LogP contribution in [-0.2, 0) is 9.59 Å². The molecule has 28 heavy (non-hydrogen) atoms. The van der Waals surface area contributed by atoms with Crippen molar-refractivity contribution in [2.45, 2.75) is 13.3 Å². The van der Waals surface area contributed by atoms with E-state index in [9.17, 15) is 14.4 Å². The SMILES string of the molecule is C=C1c2ccccc2C(=O)N1CCC(=O)NCC(=O)Nc1ccc(Br)cc1C. The van der Waals surface area contributed by atoms with E-state index in [4.69, 9.17) is 0 Å². The molecule has 0 unspecified atom stereocenters. The van der Waals surface area contributed by atoms with Crippen LogP contribution in [0.3, 0.4) is 0 Å². The molecule has 1 aliphatic rings. The number of carbonyl (C=O) groups is 3. The second kappa shape index (κ2) is 8.39. The number of benzene rings is 2. The fraction of sp³-hybridized carbons (Fsp3) is 0.190. The number of hydrogen-bond acceptors (Lipinski definition) is 3. The van der Waals surface area contributed by atoms with Gasteiger partial charge >= 0.3 is 0 Å². The number of anilines is 1. The molecule has 0 saturated carbocycles. The Balaban J connectivity index is 1.47. The highest BCUT2D eigenvalue weighted by molar-refractivity contribution is 9.10. The predicted molar refractivity (Wildman–Crippen MR) is 112 cm³/mol. The molecule has 3 rings (SSSR count). The second-order valence-electron chi connectivity index (χ2n) is 6.48. The summed E-state index contributed by atoms with van der Waals surface area (Å²) in [6, 6.07) is 12.7. The average molecular weight is 442 g/mol. The molecule has 0 saturated heterocycles. The number of rotatable bonds is 6. The van der Waals surface area contributed by atoms with Crippen LogP contribution in [0.2, 0.25) is 0 Å². The topological polar surface area (TPSA) is 78.5 Å². The van der Waals surface area contributed by atoms with Crippen molar-refractivity contribution in [3.8, 4) is 0 Å². The molecule has 1 heterocycles. The van der Waals surface area contributed by atoms with Gasteiger partial charge in [-0.1, -0.05) is 40.7 Å². The Hall–Kier alpha value is -2.93. The molecule has 0 aliphatic carbocycles. The van der Waals surface area contributed by atoms with Crippen molar-refractivity contribution >= 4 is 45.0 Å². The van der Waals surface area contributed by atoms with Gasteiger partial charge in [0.25, 0.3) is 5.91 Å². The average Bonchev–Trinajstić information content (AvgIpc) is 2.91. The van der Waals surface area contributed by atoms with Crippen LogP contribution in [0.25, 0.3) is 5.70 Å². The molecule has 2 N–H and O–H groups in total. The molecule has 0 aromatic heterocycles. The van der Waals surface area contributed by atoms with Crippen LogP contribution in [0.1, 0.15) is 27.9 Å². The number of fused-ring (bicyclic) bond motifs is 1. The molecule has 2 aromatic carbocycles. The Labute approximate surface area is 171 Å². The molecular weight excluding hydrogens is 422 g/mol. The van der Waals surface area contributed by atoms with Crippen LogP contribution in [-0.4, -0.2) is 35.7 Å². The molecule has 0 radical (unpaired) electrons. The minimum atomic E-state index is -0.312. The summed E-state index contributed by atoms with van der Waals surface area (Å²) in [6.07, 6.45) is 0.0866. The minimum Gasteiger partial charge on any atom is -0.347 e. The van der Waals surface area contributed by atoms with Crippen molar-refractivity contribution in [2.75, 3.05) is 18.4 Å². The first-order valence-electron chi connectivity index (χ1n) is 8.79. The fourth-order valence-electron chi connectivity index (χ4n) is 3.01. The number of halogens is 1. The van der Waals surface area contributed by atoms with Crippen molar-refractivity contribution in [1.29, 1.82) is 0 Å². The van der Waals surface area contributed by atoms with Gasteiger partial charge in [-0.05, 0) is 36.8 Å². The van der Waals surface area contributed by atoms with E-state index in [0.717, 1.165) is 15.6 Å². The zero-order valence-corrected chi connectivity index (χ0v) is 17.0. The predicted octanol–water partition coefficient (Wildman–Crippen LogP) is 3.33. The van der Waals surface area contributed by atoms with Gasteiger partial charge in [-0.15, -0.1) is 0 Å². The number of aryl methyl sites for hydroxylation is 1. The molecule has 0 bridgehead atoms. The second-order valence-corrected chi connectivity index (χ2v) is 7.40. The quantitative estimate of drug-likeness (QED) is 0.721. The summed E-state index contributed by atoms with van der Waals surface area (Å²) in [7, 11) is 0. The molecule has 0 spiro atoms. The Bertz CT molecular complexity index is 936. The van der Waals surface area contributed by atoms with E-state index < -0.39 is 0 Å². The van der Waals surface area contributed by atoms with Crippen molar-refractivity contribution in [1.82, 2.24) is 10.2 Å². The molecule has 144 valence electrons. The zero-order chi connectivity index (χ0) is 20.3. The van der Waals surface area contributed by atoms with Crippen LogP contribution >= 0.6 is 15.9 Å². The van der Waals surface area contributed by atoms with Gasteiger partial charge in [0.2, 0.25) is 11.8 Å². The van der Waals surface area contributed by atoms with Gasteiger partial charge in [0.15, 0.2) is 0 Å². The summed E-state index contributed by atoms with van der Waals surface area (Å²) in [4.78, 5) is 38.0. The number of carbonyl (C=O) groups excluding carboxylic acids is 3. The Morgan fingerprint density at radius 1 is 1.11 bits per heavy atom. The summed E-state index contributed by atoms with van der Waals surface area (Å²) in [5.41, 5.74) is 3.59. The molecule has 3 amide bonds. The van der Waals surface area contributed by atoms with Gasteiger partial charge in [-0.25, -0.2) is 0 Å². The third kappa shape index (κ3) is 4.31. The van der Waals surface area contributed by atoms with Crippen molar-refractivity contribution in [3.05, 3.63) is 70.2 Å². The monoisotopic (exact) mass is 441 g/mol. The Morgan fingerprint density at radius 2 is 1.82 bits per heavy atom. The lowest BCUT2D eigenvalue weighted by molar-refractivity contribution is -0.124. The third-order valence-corrected chi connectivity index (χ3v) is 5.00. The number of amides is 3. The molecule has 7 heteroatoms. The highest BCUT2D eigenvalue weighted by atomic mass is 79.9. The number of nitrogens with zero attached hydrogens (tertiary/aromatic N) is 1. The van der Waals surface area contributed by atoms with E-state index in [1.807, 2.05) is 31.2 Å². The molecular formula is C21H20BrN3O3. The Morgan fingerprint density at radius 3 is 2.50 bits per heavy atom. The molecule has 2 aromatic rings. The van der Waals surface area contributed by atoms with Crippen LogP contribution in [0.4, 0.5) is 5.69 Å². The zero-order valence-electron chi connectivity index (χ0n) is 15.4. The van der Waals surface area contributed by atoms with E-state index in [2.05, 4.69) is 33.1 Å². The van der Waals surface area contributed by atoms with Crippen molar-refractivity contribution in [2.24, 2.45) is 0 Å². The summed E-state index contributed by atoms with van der Waals surface area (Å²) in [5, 5.41) is 5.34. The summed E-state index contributed by atoms with van der Waals surface area (Å²) in [5.74, 6) is -0.774. The maximum absolute atomic E-state index is 12.4. The maximum Gasteiger partial charge on any atom is 0.258 e. The van der Waals surface area contributed by atoms with Gasteiger partial charge in [0, 0.05) is 39.9 Å². The van der Waals surface area contributed by atoms with Gasteiger partial charge in [-0.2, -0.15) is 0 Å². The fourth-order valence-corrected chi connectivity index (χ4v) is 3.49. The normalized spacial score (nSPS) is 12.7. The van der Waals surface area contributed by atoms with Crippen LogP contribution in [0, 0.1) is 6.92 Å². The standard InChI is InChI=1S/C21H20BrN3O3/c1-13-11-15(22)7-8-18(13)24-20(27)12-23-19(26)9-10-25-14(2)16-5-3-4-6-17(16)21(25)28/h3-8,11H,2,9-10,12H2,1H3,(H,23,26)(H,24,27). The van der Waals surface area contributed by atoms with Crippen LogP contribution in [0.5, 0.6) is 0 Å². The van der Waals surface area contributed by atoms with E-state index >= 15 is 0 Å². The summed E-state index contributed by atoms with van der Waals surface area (Å²) in [6.45, 7) is 5.91. The van der Waals surface area contributed by atoms with Crippen LogP contribution < -0.4 is 10.6 Å². The van der Waals surface area contributed by atoms with Gasteiger partial charge in [0.1, 0.15) is 0 Å². The highest BCUT2D eigenvalue weighted by Gasteiger charge is 2.30. The molecule has 6 nitrogen and oxygen atoms in total. The highest BCUT2D eigenvalue weighted by Crippen LogP contribution is 2.31. The van der Waals surface area contributed by atoms with Crippen LogP contribution in [0.15, 0.2) is 53.5 Å².